The summed E-state index contributed by atoms with van der Waals surface area (Å²) in [7, 11) is 2.15. The van der Waals surface area contributed by atoms with Crippen molar-refractivity contribution in [2.45, 2.75) is 32.3 Å². The predicted octanol–water partition coefficient (Wildman–Crippen LogP) is 1.77. The number of ether oxygens (including phenoxy) is 1. The van der Waals surface area contributed by atoms with E-state index >= 15 is 0 Å². The molecule has 1 aliphatic heterocycles. The molecule has 0 saturated carbocycles. The summed E-state index contributed by atoms with van der Waals surface area (Å²) in [5.74, 6) is 1.52. The van der Waals surface area contributed by atoms with E-state index in [1.165, 1.54) is 0 Å². The number of rotatable bonds is 5. The largest absolute Gasteiger partial charge is 0.474 e. The van der Waals surface area contributed by atoms with Crippen molar-refractivity contribution in [2.24, 2.45) is 0 Å². The summed E-state index contributed by atoms with van der Waals surface area (Å²) in [5, 5.41) is 3.24. The lowest BCUT2D eigenvalue weighted by Gasteiger charge is -2.28. The molecule has 1 saturated heterocycles. The summed E-state index contributed by atoms with van der Waals surface area (Å²) >= 11 is 0. The molecule has 18 heavy (non-hydrogen) atoms. The molecular formula is C13H22N4O. The van der Waals surface area contributed by atoms with E-state index < -0.39 is 0 Å². The van der Waals surface area contributed by atoms with Gasteiger partial charge in [-0.2, -0.15) is 0 Å². The van der Waals surface area contributed by atoms with Crippen LogP contribution in [0.3, 0.4) is 0 Å². The first kappa shape index (κ1) is 13.1. The van der Waals surface area contributed by atoms with Gasteiger partial charge in [0.2, 0.25) is 5.88 Å². The third-order valence-electron chi connectivity index (χ3n) is 3.15. The maximum atomic E-state index is 5.91. The zero-order valence-electron chi connectivity index (χ0n) is 11.2. The number of hydrogen-bond donors (Lipinski definition) is 1. The minimum absolute atomic E-state index is 0.287. The Bertz CT molecular complexity index is 364. The molecule has 0 amide bonds. The Hall–Kier alpha value is -1.36. The number of anilines is 1. The van der Waals surface area contributed by atoms with E-state index in [0.717, 1.165) is 44.7 Å². The van der Waals surface area contributed by atoms with Crippen molar-refractivity contribution in [3.63, 3.8) is 0 Å². The molecule has 1 aliphatic rings. The Labute approximate surface area is 109 Å². The van der Waals surface area contributed by atoms with Gasteiger partial charge in [0, 0.05) is 25.7 Å². The topological polar surface area (TPSA) is 50.3 Å². The molecule has 5 nitrogen and oxygen atoms in total. The smallest absolute Gasteiger partial charge is 0.218 e. The number of nitrogens with zero attached hydrogens (tertiary/aromatic N) is 3. The van der Waals surface area contributed by atoms with Crippen LogP contribution in [0.2, 0.25) is 0 Å². The van der Waals surface area contributed by atoms with E-state index in [1.807, 2.05) is 6.07 Å². The Kier molecular flexibility index (Phi) is 4.75. The van der Waals surface area contributed by atoms with Gasteiger partial charge in [0.15, 0.2) is 0 Å². The van der Waals surface area contributed by atoms with Crippen LogP contribution < -0.4 is 10.1 Å². The van der Waals surface area contributed by atoms with Crippen LogP contribution in [-0.4, -0.2) is 47.7 Å². The molecular weight excluding hydrogens is 228 g/mol. The van der Waals surface area contributed by atoms with Gasteiger partial charge in [0.1, 0.15) is 18.2 Å². The SMILES string of the molecule is CCCNc1cc(OC2CCN(C)CC2)ncn1. The average Bonchev–Trinajstić information content (AvgIpc) is 2.40. The zero-order valence-corrected chi connectivity index (χ0v) is 11.2. The van der Waals surface area contributed by atoms with E-state index in [0.29, 0.717) is 5.88 Å². The van der Waals surface area contributed by atoms with E-state index in [2.05, 4.69) is 34.2 Å². The Morgan fingerprint density at radius 1 is 1.39 bits per heavy atom. The molecule has 0 bridgehead atoms. The molecule has 1 aromatic heterocycles. The van der Waals surface area contributed by atoms with E-state index in [4.69, 9.17) is 4.74 Å². The molecule has 100 valence electrons. The van der Waals surface area contributed by atoms with Crippen LogP contribution in [0.25, 0.3) is 0 Å². The Morgan fingerprint density at radius 3 is 2.89 bits per heavy atom. The molecule has 1 aromatic rings. The Morgan fingerprint density at radius 2 is 2.17 bits per heavy atom. The second kappa shape index (κ2) is 6.54. The van der Waals surface area contributed by atoms with Gasteiger partial charge in [-0.05, 0) is 26.3 Å². The number of likely N-dealkylation sites (tertiary alicyclic amines) is 1. The first-order valence-electron chi connectivity index (χ1n) is 6.69. The minimum Gasteiger partial charge on any atom is -0.474 e. The Balaban J connectivity index is 1.88. The highest BCUT2D eigenvalue weighted by molar-refractivity contribution is 5.36. The monoisotopic (exact) mass is 250 g/mol. The zero-order chi connectivity index (χ0) is 12.8. The fourth-order valence-corrected chi connectivity index (χ4v) is 2.03. The van der Waals surface area contributed by atoms with Gasteiger partial charge in [0.25, 0.3) is 0 Å². The average molecular weight is 250 g/mol. The number of nitrogens with one attached hydrogen (secondary N) is 1. The van der Waals surface area contributed by atoms with Gasteiger partial charge >= 0.3 is 0 Å². The first-order valence-corrected chi connectivity index (χ1v) is 6.69. The molecule has 5 heteroatoms. The van der Waals surface area contributed by atoms with E-state index in [-0.39, 0.29) is 6.10 Å². The first-order chi connectivity index (χ1) is 8.78. The molecule has 2 rings (SSSR count). The van der Waals surface area contributed by atoms with E-state index in [1.54, 1.807) is 6.33 Å². The molecule has 2 heterocycles. The summed E-state index contributed by atoms with van der Waals surface area (Å²) in [6.45, 7) is 5.24. The fourth-order valence-electron chi connectivity index (χ4n) is 2.03. The second-order valence-corrected chi connectivity index (χ2v) is 4.79. The van der Waals surface area contributed by atoms with Crippen molar-refractivity contribution in [1.29, 1.82) is 0 Å². The predicted molar refractivity (Wildman–Crippen MR) is 72.0 cm³/mol. The molecule has 1 N–H and O–H groups in total. The van der Waals surface area contributed by atoms with Gasteiger partial charge in [-0.1, -0.05) is 6.92 Å². The fraction of sp³-hybridized carbons (Fsp3) is 0.692. The van der Waals surface area contributed by atoms with Crippen molar-refractivity contribution in [3.8, 4) is 5.88 Å². The number of aromatic nitrogens is 2. The lowest BCUT2D eigenvalue weighted by Crippen LogP contribution is -2.35. The third kappa shape index (κ3) is 3.84. The summed E-state index contributed by atoms with van der Waals surface area (Å²) < 4.78 is 5.91. The molecule has 0 spiro atoms. The van der Waals surface area contributed by atoms with E-state index in [9.17, 15) is 0 Å². The summed E-state index contributed by atoms with van der Waals surface area (Å²) in [6, 6.07) is 1.88. The molecule has 0 aliphatic carbocycles. The highest BCUT2D eigenvalue weighted by Gasteiger charge is 2.18. The lowest BCUT2D eigenvalue weighted by molar-refractivity contribution is 0.110. The maximum absolute atomic E-state index is 5.91. The van der Waals surface area contributed by atoms with Gasteiger partial charge in [0.05, 0.1) is 0 Å². The van der Waals surface area contributed by atoms with Crippen LogP contribution in [0.5, 0.6) is 5.88 Å². The summed E-state index contributed by atoms with van der Waals surface area (Å²) in [4.78, 5) is 10.7. The quantitative estimate of drug-likeness (QED) is 0.863. The van der Waals surface area contributed by atoms with Gasteiger partial charge in [-0.25, -0.2) is 9.97 Å². The summed E-state index contributed by atoms with van der Waals surface area (Å²) in [6.07, 6.45) is 5.06. The van der Waals surface area contributed by atoms with Gasteiger partial charge < -0.3 is 15.0 Å². The standard InChI is InChI=1S/C13H22N4O/c1-3-6-14-12-9-13(16-10-15-12)18-11-4-7-17(2)8-5-11/h9-11H,3-8H2,1-2H3,(H,14,15,16). The van der Waals surface area contributed by atoms with Crippen molar-refractivity contribution in [3.05, 3.63) is 12.4 Å². The number of piperidine rings is 1. The lowest BCUT2D eigenvalue weighted by atomic mass is 10.1. The van der Waals surface area contributed by atoms with Crippen LogP contribution in [0.4, 0.5) is 5.82 Å². The highest BCUT2D eigenvalue weighted by atomic mass is 16.5. The molecule has 0 radical (unpaired) electrons. The maximum Gasteiger partial charge on any atom is 0.218 e. The third-order valence-corrected chi connectivity index (χ3v) is 3.15. The summed E-state index contributed by atoms with van der Waals surface area (Å²) in [5.41, 5.74) is 0. The van der Waals surface area contributed by atoms with Crippen LogP contribution >= 0.6 is 0 Å². The van der Waals surface area contributed by atoms with Crippen molar-refractivity contribution in [2.75, 3.05) is 32.0 Å². The van der Waals surface area contributed by atoms with Gasteiger partial charge in [-0.3, -0.25) is 0 Å². The highest BCUT2D eigenvalue weighted by Crippen LogP contribution is 2.18. The van der Waals surface area contributed by atoms with Crippen LogP contribution in [0, 0.1) is 0 Å². The van der Waals surface area contributed by atoms with Crippen molar-refractivity contribution in [1.82, 2.24) is 14.9 Å². The van der Waals surface area contributed by atoms with Crippen LogP contribution in [-0.2, 0) is 0 Å². The normalized spacial score (nSPS) is 17.7. The van der Waals surface area contributed by atoms with Crippen LogP contribution in [0.15, 0.2) is 12.4 Å². The number of hydrogen-bond acceptors (Lipinski definition) is 5. The minimum atomic E-state index is 0.287. The molecule has 1 fully saturated rings. The molecule has 0 unspecified atom stereocenters. The van der Waals surface area contributed by atoms with Crippen molar-refractivity contribution < 1.29 is 4.74 Å². The molecule has 0 atom stereocenters. The van der Waals surface area contributed by atoms with Crippen molar-refractivity contribution >= 4 is 5.82 Å². The molecule has 0 aromatic carbocycles. The second-order valence-electron chi connectivity index (χ2n) is 4.79. The van der Waals surface area contributed by atoms with Gasteiger partial charge in [-0.15, -0.1) is 0 Å². The van der Waals surface area contributed by atoms with Crippen LogP contribution in [0.1, 0.15) is 26.2 Å².